The Hall–Kier alpha value is -0.930. The summed E-state index contributed by atoms with van der Waals surface area (Å²) >= 11 is 0. The maximum atomic E-state index is 4.13. The minimum atomic E-state index is 0.590. The Kier molecular flexibility index (Phi) is 6.04. The highest BCUT2D eigenvalue weighted by Crippen LogP contribution is 2.02. The van der Waals surface area contributed by atoms with Crippen LogP contribution in [0.25, 0.3) is 0 Å². The summed E-state index contributed by atoms with van der Waals surface area (Å²) in [4.78, 5) is 6.47. The zero-order valence-electron chi connectivity index (χ0n) is 10.6. The fourth-order valence-corrected chi connectivity index (χ4v) is 1.87. The summed E-state index contributed by atoms with van der Waals surface area (Å²) in [6, 6.07) is 4.70. The lowest BCUT2D eigenvalue weighted by molar-refractivity contribution is 0.279. The highest BCUT2D eigenvalue weighted by Gasteiger charge is 2.08. The van der Waals surface area contributed by atoms with Gasteiger partial charge in [-0.05, 0) is 31.6 Å². The highest BCUT2D eigenvalue weighted by atomic mass is 15.1. The molecule has 3 heteroatoms. The second-order valence-electron chi connectivity index (χ2n) is 4.22. The monoisotopic (exact) mass is 221 g/mol. The lowest BCUT2D eigenvalue weighted by atomic mass is 10.2. The van der Waals surface area contributed by atoms with Crippen LogP contribution in [0.4, 0.5) is 0 Å². The normalized spacial score (nSPS) is 13.0. The van der Waals surface area contributed by atoms with Gasteiger partial charge in [-0.1, -0.05) is 19.9 Å². The van der Waals surface area contributed by atoms with E-state index >= 15 is 0 Å². The molecule has 90 valence electrons. The van der Waals surface area contributed by atoms with Gasteiger partial charge in [-0.25, -0.2) is 0 Å². The summed E-state index contributed by atoms with van der Waals surface area (Å²) in [5, 5.41) is 3.49. The number of hydrogen-bond acceptors (Lipinski definition) is 3. The molecule has 1 rings (SSSR count). The number of rotatable bonds is 7. The topological polar surface area (TPSA) is 28.2 Å². The zero-order valence-corrected chi connectivity index (χ0v) is 10.6. The van der Waals surface area contributed by atoms with E-state index < -0.39 is 0 Å². The van der Waals surface area contributed by atoms with Crippen LogP contribution in [0.2, 0.25) is 0 Å². The zero-order chi connectivity index (χ0) is 11.8. The maximum absolute atomic E-state index is 4.13. The molecule has 0 spiro atoms. The summed E-state index contributed by atoms with van der Waals surface area (Å²) in [5.41, 5.74) is 1.27. The fraction of sp³-hybridized carbons (Fsp3) is 0.615. The van der Waals surface area contributed by atoms with Gasteiger partial charge in [-0.3, -0.25) is 4.98 Å². The molecule has 0 saturated carbocycles. The molecule has 0 fully saturated rings. The van der Waals surface area contributed by atoms with Crippen molar-refractivity contribution in [3.8, 4) is 0 Å². The first kappa shape index (κ1) is 13.1. The van der Waals surface area contributed by atoms with E-state index in [-0.39, 0.29) is 0 Å². The van der Waals surface area contributed by atoms with Crippen LogP contribution in [0.3, 0.4) is 0 Å². The Morgan fingerprint density at radius 2 is 2.25 bits per heavy atom. The number of hydrogen-bond donors (Lipinski definition) is 1. The predicted octanol–water partition coefficient (Wildman–Crippen LogP) is 1.90. The van der Waals surface area contributed by atoms with Crippen LogP contribution in [-0.4, -0.2) is 36.1 Å². The number of nitrogens with one attached hydrogen (secondary N) is 1. The van der Waals surface area contributed by atoms with Gasteiger partial charge in [0, 0.05) is 31.5 Å². The standard InChI is InChI=1S/C13H23N3/c1-4-13(15-5-2)11-16(3)10-12-7-6-8-14-9-12/h6-9,13,15H,4-5,10-11H2,1-3H3. The Bertz CT molecular complexity index is 274. The number of aromatic nitrogens is 1. The van der Waals surface area contributed by atoms with Crippen LogP contribution >= 0.6 is 0 Å². The molecule has 0 bridgehead atoms. The molecule has 0 aliphatic rings. The van der Waals surface area contributed by atoms with Gasteiger partial charge in [-0.15, -0.1) is 0 Å². The summed E-state index contributed by atoms with van der Waals surface area (Å²) in [5.74, 6) is 0. The lowest BCUT2D eigenvalue weighted by Gasteiger charge is -2.23. The van der Waals surface area contributed by atoms with Gasteiger partial charge in [0.05, 0.1) is 0 Å². The van der Waals surface area contributed by atoms with Crippen molar-refractivity contribution in [2.24, 2.45) is 0 Å². The molecule has 0 amide bonds. The fourth-order valence-electron chi connectivity index (χ4n) is 1.87. The van der Waals surface area contributed by atoms with Crippen LogP contribution < -0.4 is 5.32 Å². The van der Waals surface area contributed by atoms with Gasteiger partial charge in [0.25, 0.3) is 0 Å². The quantitative estimate of drug-likeness (QED) is 0.762. The molecule has 16 heavy (non-hydrogen) atoms. The molecule has 1 N–H and O–H groups in total. The molecule has 1 unspecified atom stereocenters. The van der Waals surface area contributed by atoms with Crippen LogP contribution in [0.5, 0.6) is 0 Å². The predicted molar refractivity (Wildman–Crippen MR) is 68.3 cm³/mol. The van der Waals surface area contributed by atoms with E-state index in [0.29, 0.717) is 6.04 Å². The molecular formula is C13H23N3. The van der Waals surface area contributed by atoms with Crippen molar-refractivity contribution in [2.45, 2.75) is 32.9 Å². The average molecular weight is 221 g/mol. The first-order valence-corrected chi connectivity index (χ1v) is 6.07. The van der Waals surface area contributed by atoms with Crippen molar-refractivity contribution in [1.82, 2.24) is 15.2 Å². The third-order valence-electron chi connectivity index (χ3n) is 2.69. The van der Waals surface area contributed by atoms with Crippen LogP contribution in [-0.2, 0) is 6.54 Å². The van der Waals surface area contributed by atoms with E-state index in [2.05, 4.69) is 42.2 Å². The third-order valence-corrected chi connectivity index (χ3v) is 2.69. The lowest BCUT2D eigenvalue weighted by Crippen LogP contribution is -2.38. The second kappa shape index (κ2) is 7.36. The van der Waals surface area contributed by atoms with Crippen molar-refractivity contribution < 1.29 is 0 Å². The number of nitrogens with zero attached hydrogens (tertiary/aromatic N) is 2. The minimum absolute atomic E-state index is 0.590. The summed E-state index contributed by atoms with van der Waals surface area (Å²) < 4.78 is 0. The highest BCUT2D eigenvalue weighted by molar-refractivity contribution is 5.07. The molecule has 1 atom stereocenters. The number of pyridine rings is 1. The van der Waals surface area contributed by atoms with Gasteiger partial charge in [0.1, 0.15) is 0 Å². The summed E-state index contributed by atoms with van der Waals surface area (Å²) in [6.07, 6.45) is 4.92. The largest absolute Gasteiger partial charge is 0.313 e. The third kappa shape index (κ3) is 4.73. The molecular weight excluding hydrogens is 198 g/mol. The molecule has 1 aromatic heterocycles. The first-order valence-electron chi connectivity index (χ1n) is 6.07. The summed E-state index contributed by atoms with van der Waals surface area (Å²) in [6.45, 7) is 7.48. The smallest absolute Gasteiger partial charge is 0.0312 e. The van der Waals surface area contributed by atoms with E-state index in [1.165, 1.54) is 12.0 Å². The van der Waals surface area contributed by atoms with Crippen LogP contribution in [0.15, 0.2) is 24.5 Å². The van der Waals surface area contributed by atoms with Crippen molar-refractivity contribution in [1.29, 1.82) is 0 Å². The minimum Gasteiger partial charge on any atom is -0.313 e. The van der Waals surface area contributed by atoms with E-state index in [0.717, 1.165) is 19.6 Å². The van der Waals surface area contributed by atoms with E-state index in [4.69, 9.17) is 0 Å². The molecule has 1 aromatic rings. The van der Waals surface area contributed by atoms with Gasteiger partial charge < -0.3 is 10.2 Å². The molecule has 0 saturated heterocycles. The van der Waals surface area contributed by atoms with Crippen molar-refractivity contribution in [3.05, 3.63) is 30.1 Å². The van der Waals surface area contributed by atoms with E-state index in [1.807, 2.05) is 18.5 Å². The first-order chi connectivity index (χ1) is 7.76. The van der Waals surface area contributed by atoms with E-state index in [9.17, 15) is 0 Å². The van der Waals surface area contributed by atoms with Gasteiger partial charge >= 0.3 is 0 Å². The molecule has 1 heterocycles. The van der Waals surface area contributed by atoms with Crippen molar-refractivity contribution in [3.63, 3.8) is 0 Å². The Balaban J connectivity index is 2.37. The van der Waals surface area contributed by atoms with Crippen molar-refractivity contribution in [2.75, 3.05) is 20.1 Å². The van der Waals surface area contributed by atoms with Gasteiger partial charge in [0.15, 0.2) is 0 Å². The SMILES string of the molecule is CCNC(CC)CN(C)Cc1cccnc1. The Morgan fingerprint density at radius 1 is 1.44 bits per heavy atom. The average Bonchev–Trinajstić information content (AvgIpc) is 2.29. The Labute approximate surface area is 98.9 Å². The second-order valence-corrected chi connectivity index (χ2v) is 4.22. The van der Waals surface area contributed by atoms with Gasteiger partial charge in [-0.2, -0.15) is 0 Å². The molecule has 0 aliphatic heterocycles. The molecule has 3 nitrogen and oxygen atoms in total. The molecule has 0 aliphatic carbocycles. The molecule has 0 radical (unpaired) electrons. The van der Waals surface area contributed by atoms with Gasteiger partial charge in [0.2, 0.25) is 0 Å². The molecule has 0 aromatic carbocycles. The van der Waals surface area contributed by atoms with Crippen LogP contribution in [0.1, 0.15) is 25.8 Å². The summed E-state index contributed by atoms with van der Waals surface area (Å²) in [7, 11) is 2.16. The van der Waals surface area contributed by atoms with E-state index in [1.54, 1.807) is 0 Å². The van der Waals surface area contributed by atoms with Crippen LogP contribution in [0, 0.1) is 0 Å². The van der Waals surface area contributed by atoms with Crippen molar-refractivity contribution >= 4 is 0 Å². The Morgan fingerprint density at radius 3 is 2.81 bits per heavy atom. The maximum Gasteiger partial charge on any atom is 0.0312 e. The number of likely N-dealkylation sites (N-methyl/N-ethyl adjacent to an activating group) is 2.